The Bertz CT molecular complexity index is 258. The average molecular weight is 210 g/mol. The predicted molar refractivity (Wildman–Crippen MR) is 60.6 cm³/mol. The van der Waals surface area contributed by atoms with Crippen LogP contribution in [0.5, 0.6) is 0 Å². The normalized spacial score (nSPS) is 26.1. The van der Waals surface area contributed by atoms with Crippen molar-refractivity contribution in [2.24, 2.45) is 11.8 Å². The highest BCUT2D eigenvalue weighted by Gasteiger charge is 2.30. The number of hydrogen-bond acceptors (Lipinski definition) is 3. The van der Waals surface area contributed by atoms with Gasteiger partial charge in [0.05, 0.1) is 5.51 Å². The number of hydrogen-bond donors (Lipinski definition) is 1. The zero-order chi connectivity index (χ0) is 9.80. The van der Waals surface area contributed by atoms with Gasteiger partial charge >= 0.3 is 0 Å². The number of aromatic nitrogens is 1. The molecule has 1 fully saturated rings. The summed E-state index contributed by atoms with van der Waals surface area (Å²) in [5, 5.41) is 3.45. The molecule has 2 unspecified atom stereocenters. The molecule has 1 N–H and O–H groups in total. The Labute approximate surface area is 89.8 Å². The molecule has 0 radical (unpaired) electrons. The van der Waals surface area contributed by atoms with Crippen LogP contribution in [-0.4, -0.2) is 18.1 Å². The lowest BCUT2D eigenvalue weighted by Crippen LogP contribution is -2.36. The molecule has 1 saturated carbocycles. The monoisotopic (exact) mass is 210 g/mol. The van der Waals surface area contributed by atoms with Crippen LogP contribution in [0.1, 0.15) is 24.6 Å². The first-order valence-corrected chi connectivity index (χ1v) is 6.36. The van der Waals surface area contributed by atoms with E-state index in [4.69, 9.17) is 0 Å². The van der Waals surface area contributed by atoms with Crippen molar-refractivity contribution in [3.8, 4) is 0 Å². The second-order valence-corrected chi connectivity index (χ2v) is 5.05. The van der Waals surface area contributed by atoms with E-state index in [1.165, 1.54) is 30.7 Å². The molecule has 78 valence electrons. The van der Waals surface area contributed by atoms with Crippen molar-refractivity contribution in [3.63, 3.8) is 0 Å². The van der Waals surface area contributed by atoms with Crippen molar-refractivity contribution in [1.82, 2.24) is 10.3 Å². The van der Waals surface area contributed by atoms with Gasteiger partial charge in [-0.2, -0.15) is 0 Å². The van der Waals surface area contributed by atoms with Gasteiger partial charge in [-0.05, 0) is 44.2 Å². The third-order valence-electron chi connectivity index (χ3n) is 3.18. The third-order valence-corrected chi connectivity index (χ3v) is 3.98. The summed E-state index contributed by atoms with van der Waals surface area (Å²) in [6.07, 6.45) is 6.10. The summed E-state index contributed by atoms with van der Waals surface area (Å²) >= 11 is 1.79. The molecular formula is C11H18N2S. The molecule has 0 aliphatic heterocycles. The predicted octanol–water partition coefficient (Wildman–Crippen LogP) is 2.32. The van der Waals surface area contributed by atoms with Crippen LogP contribution in [0.25, 0.3) is 0 Å². The molecule has 3 heteroatoms. The van der Waals surface area contributed by atoms with Gasteiger partial charge in [-0.15, -0.1) is 11.3 Å². The Morgan fingerprint density at radius 1 is 1.50 bits per heavy atom. The van der Waals surface area contributed by atoms with Gasteiger partial charge in [0.2, 0.25) is 0 Å². The molecule has 1 heterocycles. The molecule has 1 aromatic rings. The van der Waals surface area contributed by atoms with Crippen LogP contribution in [0.4, 0.5) is 0 Å². The molecule has 0 aromatic carbocycles. The van der Waals surface area contributed by atoms with E-state index in [9.17, 15) is 0 Å². The van der Waals surface area contributed by atoms with Crippen LogP contribution in [0, 0.1) is 11.8 Å². The molecule has 2 rings (SSSR count). The largest absolute Gasteiger partial charge is 0.317 e. The summed E-state index contributed by atoms with van der Waals surface area (Å²) in [5.74, 6) is 1.83. The van der Waals surface area contributed by atoms with Gasteiger partial charge in [0.25, 0.3) is 0 Å². The van der Waals surface area contributed by atoms with Crippen LogP contribution in [0.3, 0.4) is 0 Å². The van der Waals surface area contributed by atoms with Crippen LogP contribution >= 0.6 is 11.3 Å². The number of thiazole rings is 1. The van der Waals surface area contributed by atoms with Gasteiger partial charge in [-0.1, -0.05) is 6.92 Å². The van der Waals surface area contributed by atoms with Crippen molar-refractivity contribution in [2.75, 3.05) is 13.1 Å². The molecule has 0 amide bonds. The van der Waals surface area contributed by atoms with Crippen molar-refractivity contribution in [2.45, 2.75) is 26.2 Å². The van der Waals surface area contributed by atoms with E-state index in [2.05, 4.69) is 17.2 Å². The Morgan fingerprint density at radius 3 is 2.93 bits per heavy atom. The summed E-state index contributed by atoms with van der Waals surface area (Å²) < 4.78 is 0. The first-order chi connectivity index (χ1) is 6.90. The van der Waals surface area contributed by atoms with Crippen molar-refractivity contribution in [3.05, 3.63) is 16.6 Å². The van der Waals surface area contributed by atoms with E-state index in [0.29, 0.717) is 0 Å². The summed E-state index contributed by atoms with van der Waals surface area (Å²) in [4.78, 5) is 5.58. The first-order valence-electron chi connectivity index (χ1n) is 5.48. The molecule has 1 aromatic heterocycles. The SMILES string of the molecule is CCNCC1CCC1Cc1cncs1. The highest BCUT2D eigenvalue weighted by molar-refractivity contribution is 7.09. The number of nitrogens with zero attached hydrogens (tertiary/aromatic N) is 1. The van der Waals surface area contributed by atoms with Crippen molar-refractivity contribution >= 4 is 11.3 Å². The fourth-order valence-corrected chi connectivity index (χ4v) is 2.80. The van der Waals surface area contributed by atoms with E-state index in [-0.39, 0.29) is 0 Å². The highest BCUT2D eigenvalue weighted by atomic mass is 32.1. The van der Waals surface area contributed by atoms with Crippen molar-refractivity contribution in [1.29, 1.82) is 0 Å². The maximum absolute atomic E-state index is 4.12. The second-order valence-electron chi connectivity index (χ2n) is 4.08. The van der Waals surface area contributed by atoms with Crippen LogP contribution < -0.4 is 5.32 Å². The van der Waals surface area contributed by atoms with Gasteiger partial charge in [-0.25, -0.2) is 0 Å². The van der Waals surface area contributed by atoms with Gasteiger partial charge < -0.3 is 5.32 Å². The summed E-state index contributed by atoms with van der Waals surface area (Å²) in [6, 6.07) is 0. The fraction of sp³-hybridized carbons (Fsp3) is 0.727. The second kappa shape index (κ2) is 4.89. The van der Waals surface area contributed by atoms with Crippen LogP contribution in [-0.2, 0) is 6.42 Å². The lowest BCUT2D eigenvalue weighted by atomic mass is 9.71. The Hall–Kier alpha value is -0.410. The van der Waals surface area contributed by atoms with E-state index in [1.807, 2.05) is 11.7 Å². The first kappa shape index (κ1) is 10.1. The quantitative estimate of drug-likeness (QED) is 0.807. The topological polar surface area (TPSA) is 24.9 Å². The Kier molecular flexibility index (Phi) is 3.54. The molecule has 0 saturated heterocycles. The molecule has 1 aliphatic rings. The lowest BCUT2D eigenvalue weighted by Gasteiger charge is -2.36. The summed E-state index contributed by atoms with van der Waals surface area (Å²) in [7, 11) is 0. The minimum atomic E-state index is 0.912. The third kappa shape index (κ3) is 2.34. The minimum absolute atomic E-state index is 0.912. The summed E-state index contributed by atoms with van der Waals surface area (Å²) in [6.45, 7) is 4.49. The Balaban J connectivity index is 1.76. The van der Waals surface area contributed by atoms with Gasteiger partial charge in [-0.3, -0.25) is 4.98 Å². The number of nitrogens with one attached hydrogen (secondary N) is 1. The number of rotatable bonds is 5. The van der Waals surface area contributed by atoms with Gasteiger partial charge in [0.15, 0.2) is 0 Å². The maximum Gasteiger partial charge on any atom is 0.0794 e. The molecule has 0 spiro atoms. The highest BCUT2D eigenvalue weighted by Crippen LogP contribution is 2.36. The molecule has 1 aliphatic carbocycles. The van der Waals surface area contributed by atoms with Gasteiger partial charge in [0.1, 0.15) is 0 Å². The van der Waals surface area contributed by atoms with E-state index in [0.717, 1.165) is 18.4 Å². The zero-order valence-electron chi connectivity index (χ0n) is 8.70. The lowest BCUT2D eigenvalue weighted by molar-refractivity contribution is 0.172. The van der Waals surface area contributed by atoms with Crippen molar-refractivity contribution < 1.29 is 0 Å². The molecule has 2 atom stereocenters. The van der Waals surface area contributed by atoms with E-state index in [1.54, 1.807) is 11.3 Å². The van der Waals surface area contributed by atoms with Crippen LogP contribution in [0.15, 0.2) is 11.7 Å². The Morgan fingerprint density at radius 2 is 2.36 bits per heavy atom. The molecular weight excluding hydrogens is 192 g/mol. The average Bonchev–Trinajstić information content (AvgIpc) is 2.65. The fourth-order valence-electron chi connectivity index (χ4n) is 2.11. The standard InChI is InChI=1S/C11H18N2S/c1-2-12-6-10-4-3-9(10)5-11-7-13-8-14-11/h7-10,12H,2-6H2,1H3. The van der Waals surface area contributed by atoms with E-state index < -0.39 is 0 Å². The van der Waals surface area contributed by atoms with Crippen LogP contribution in [0.2, 0.25) is 0 Å². The smallest absolute Gasteiger partial charge is 0.0794 e. The minimum Gasteiger partial charge on any atom is -0.317 e. The van der Waals surface area contributed by atoms with E-state index >= 15 is 0 Å². The molecule has 14 heavy (non-hydrogen) atoms. The summed E-state index contributed by atoms with van der Waals surface area (Å²) in [5.41, 5.74) is 1.94. The molecule has 2 nitrogen and oxygen atoms in total. The van der Waals surface area contributed by atoms with Gasteiger partial charge in [0, 0.05) is 11.1 Å². The molecule has 0 bridgehead atoms. The maximum atomic E-state index is 4.12. The zero-order valence-corrected chi connectivity index (χ0v) is 9.52.